The van der Waals surface area contributed by atoms with Gasteiger partial charge in [0, 0.05) is 42.6 Å². The summed E-state index contributed by atoms with van der Waals surface area (Å²) in [6.45, 7) is 1.27. The molecule has 4 aromatic rings. The van der Waals surface area contributed by atoms with Crippen LogP contribution >= 0.6 is 0 Å². The summed E-state index contributed by atoms with van der Waals surface area (Å²) in [5, 5.41) is 0.978. The SMILES string of the molecule is O=C(c1ccc2ncccc2c1)N(CCCc1ccccc1)Cc1ccncc1. The van der Waals surface area contributed by atoms with Gasteiger partial charge in [-0.3, -0.25) is 14.8 Å². The minimum Gasteiger partial charge on any atom is -0.334 e. The molecule has 0 aliphatic rings. The number of rotatable bonds is 7. The molecule has 0 saturated heterocycles. The van der Waals surface area contributed by atoms with Crippen LogP contribution in [0.25, 0.3) is 10.9 Å². The smallest absolute Gasteiger partial charge is 0.254 e. The van der Waals surface area contributed by atoms with Crippen LogP contribution in [-0.2, 0) is 13.0 Å². The molecule has 0 atom stereocenters. The number of aryl methyl sites for hydroxylation is 1. The lowest BCUT2D eigenvalue weighted by atomic mass is 10.1. The van der Waals surface area contributed by atoms with Gasteiger partial charge in [-0.1, -0.05) is 36.4 Å². The zero-order valence-electron chi connectivity index (χ0n) is 16.2. The molecule has 144 valence electrons. The highest BCUT2D eigenvalue weighted by Crippen LogP contribution is 2.17. The molecule has 29 heavy (non-hydrogen) atoms. The molecule has 4 heteroatoms. The van der Waals surface area contributed by atoms with Gasteiger partial charge in [0.1, 0.15) is 0 Å². The van der Waals surface area contributed by atoms with Gasteiger partial charge in [-0.05, 0) is 60.4 Å². The quantitative estimate of drug-likeness (QED) is 0.457. The molecule has 2 aromatic heterocycles. The summed E-state index contributed by atoms with van der Waals surface area (Å²) < 4.78 is 0. The summed E-state index contributed by atoms with van der Waals surface area (Å²) in [6, 6.07) is 23.9. The lowest BCUT2D eigenvalue weighted by Gasteiger charge is -2.23. The summed E-state index contributed by atoms with van der Waals surface area (Å²) >= 11 is 0. The van der Waals surface area contributed by atoms with E-state index in [9.17, 15) is 4.79 Å². The Morgan fingerprint density at radius 1 is 0.828 bits per heavy atom. The van der Waals surface area contributed by atoms with E-state index < -0.39 is 0 Å². The molecule has 0 saturated carbocycles. The fourth-order valence-corrected chi connectivity index (χ4v) is 3.47. The molecular weight excluding hydrogens is 358 g/mol. The molecule has 0 N–H and O–H groups in total. The van der Waals surface area contributed by atoms with Crippen LogP contribution in [0.2, 0.25) is 0 Å². The minimum atomic E-state index is 0.0422. The number of pyridine rings is 2. The molecule has 0 spiro atoms. The van der Waals surface area contributed by atoms with Gasteiger partial charge in [-0.15, -0.1) is 0 Å². The van der Waals surface area contributed by atoms with Crippen LogP contribution in [-0.4, -0.2) is 27.3 Å². The number of hydrogen-bond acceptors (Lipinski definition) is 3. The first kappa shape index (κ1) is 18.8. The lowest BCUT2D eigenvalue weighted by Crippen LogP contribution is -2.31. The van der Waals surface area contributed by atoms with Gasteiger partial charge in [-0.2, -0.15) is 0 Å². The fraction of sp³-hybridized carbons (Fsp3) is 0.160. The second-order valence-electron chi connectivity index (χ2n) is 7.08. The number of carbonyl (C=O) groups excluding carboxylic acids is 1. The van der Waals surface area contributed by atoms with Gasteiger partial charge in [-0.25, -0.2) is 0 Å². The van der Waals surface area contributed by atoms with Gasteiger partial charge in [0.05, 0.1) is 5.52 Å². The second-order valence-corrected chi connectivity index (χ2v) is 7.08. The Bertz CT molecular complexity index is 1080. The van der Waals surface area contributed by atoms with Crippen molar-refractivity contribution in [2.45, 2.75) is 19.4 Å². The van der Waals surface area contributed by atoms with Crippen molar-refractivity contribution in [1.82, 2.24) is 14.9 Å². The Kier molecular flexibility index (Phi) is 5.91. The van der Waals surface area contributed by atoms with E-state index in [-0.39, 0.29) is 5.91 Å². The Morgan fingerprint density at radius 3 is 2.48 bits per heavy atom. The average molecular weight is 381 g/mol. The largest absolute Gasteiger partial charge is 0.334 e. The Labute approximate surface area is 170 Å². The third-order valence-corrected chi connectivity index (χ3v) is 5.00. The van der Waals surface area contributed by atoms with E-state index in [4.69, 9.17) is 0 Å². The molecular formula is C25H23N3O. The van der Waals surface area contributed by atoms with Gasteiger partial charge in [0.2, 0.25) is 0 Å². The predicted molar refractivity (Wildman–Crippen MR) is 115 cm³/mol. The standard InChI is InChI=1S/C25H23N3O/c29-25(23-10-11-24-22(18-23)9-4-14-27-24)28(19-21-12-15-26-16-13-21)17-5-8-20-6-2-1-3-7-20/h1-4,6-7,9-16,18H,5,8,17,19H2. The van der Waals surface area contributed by atoms with Crippen molar-refractivity contribution in [3.63, 3.8) is 0 Å². The molecule has 2 heterocycles. The van der Waals surface area contributed by atoms with E-state index in [1.54, 1.807) is 18.6 Å². The Hall–Kier alpha value is -3.53. The first-order valence-corrected chi connectivity index (χ1v) is 9.86. The van der Waals surface area contributed by atoms with Gasteiger partial charge >= 0.3 is 0 Å². The van der Waals surface area contributed by atoms with E-state index in [1.165, 1.54) is 5.56 Å². The molecule has 4 nitrogen and oxygen atoms in total. The van der Waals surface area contributed by atoms with E-state index in [0.29, 0.717) is 18.7 Å². The number of benzene rings is 2. The molecule has 0 bridgehead atoms. The fourth-order valence-electron chi connectivity index (χ4n) is 3.47. The zero-order valence-corrected chi connectivity index (χ0v) is 16.2. The van der Waals surface area contributed by atoms with Crippen molar-refractivity contribution in [2.75, 3.05) is 6.54 Å². The molecule has 0 unspecified atom stereocenters. The highest BCUT2D eigenvalue weighted by Gasteiger charge is 2.16. The van der Waals surface area contributed by atoms with Crippen LogP contribution in [0.4, 0.5) is 0 Å². The molecule has 0 aliphatic carbocycles. The minimum absolute atomic E-state index is 0.0422. The molecule has 2 aromatic carbocycles. The second kappa shape index (κ2) is 9.11. The van der Waals surface area contributed by atoms with Crippen molar-refractivity contribution in [1.29, 1.82) is 0 Å². The van der Waals surface area contributed by atoms with Crippen LogP contribution in [0.5, 0.6) is 0 Å². The van der Waals surface area contributed by atoms with Crippen molar-refractivity contribution >= 4 is 16.8 Å². The highest BCUT2D eigenvalue weighted by molar-refractivity contribution is 5.97. The van der Waals surface area contributed by atoms with Crippen molar-refractivity contribution in [3.8, 4) is 0 Å². The average Bonchev–Trinajstić information content (AvgIpc) is 2.79. The molecule has 0 fully saturated rings. The van der Waals surface area contributed by atoms with Crippen LogP contribution in [0.15, 0.2) is 91.4 Å². The molecule has 4 rings (SSSR count). The maximum Gasteiger partial charge on any atom is 0.254 e. The summed E-state index contributed by atoms with van der Waals surface area (Å²) in [7, 11) is 0. The van der Waals surface area contributed by atoms with E-state index in [0.717, 1.165) is 29.3 Å². The summed E-state index contributed by atoms with van der Waals surface area (Å²) in [4.78, 5) is 23.7. The Morgan fingerprint density at radius 2 is 1.66 bits per heavy atom. The summed E-state index contributed by atoms with van der Waals surface area (Å²) in [5.41, 5.74) is 3.96. The Balaban J connectivity index is 1.53. The number of hydrogen-bond donors (Lipinski definition) is 0. The number of aromatic nitrogens is 2. The maximum atomic E-state index is 13.3. The number of carbonyl (C=O) groups is 1. The van der Waals surface area contributed by atoms with Gasteiger partial charge < -0.3 is 4.90 Å². The predicted octanol–water partition coefficient (Wildman–Crippen LogP) is 4.91. The van der Waals surface area contributed by atoms with Crippen molar-refractivity contribution in [3.05, 3.63) is 108 Å². The third-order valence-electron chi connectivity index (χ3n) is 5.00. The van der Waals surface area contributed by atoms with E-state index >= 15 is 0 Å². The molecule has 1 amide bonds. The normalized spacial score (nSPS) is 10.8. The van der Waals surface area contributed by atoms with Crippen molar-refractivity contribution < 1.29 is 4.79 Å². The van der Waals surface area contributed by atoms with E-state index in [1.807, 2.05) is 53.4 Å². The first-order chi connectivity index (χ1) is 14.3. The molecule has 0 aliphatic heterocycles. The third kappa shape index (κ3) is 4.85. The number of nitrogens with zero attached hydrogens (tertiary/aromatic N) is 3. The van der Waals surface area contributed by atoms with Crippen LogP contribution in [0, 0.1) is 0 Å². The van der Waals surface area contributed by atoms with Crippen LogP contribution < -0.4 is 0 Å². The van der Waals surface area contributed by atoms with Gasteiger partial charge in [0.25, 0.3) is 5.91 Å². The van der Waals surface area contributed by atoms with Crippen molar-refractivity contribution in [2.24, 2.45) is 0 Å². The summed E-state index contributed by atoms with van der Waals surface area (Å²) in [5.74, 6) is 0.0422. The zero-order chi connectivity index (χ0) is 19.9. The lowest BCUT2D eigenvalue weighted by molar-refractivity contribution is 0.0741. The van der Waals surface area contributed by atoms with Crippen LogP contribution in [0.1, 0.15) is 27.9 Å². The highest BCUT2D eigenvalue weighted by atomic mass is 16.2. The summed E-state index contributed by atoms with van der Waals surface area (Å²) in [6.07, 6.45) is 7.16. The van der Waals surface area contributed by atoms with Crippen LogP contribution in [0.3, 0.4) is 0 Å². The number of fused-ring (bicyclic) bond motifs is 1. The van der Waals surface area contributed by atoms with Gasteiger partial charge in [0.15, 0.2) is 0 Å². The maximum absolute atomic E-state index is 13.3. The monoisotopic (exact) mass is 381 g/mol. The molecule has 0 radical (unpaired) electrons. The number of amides is 1. The first-order valence-electron chi connectivity index (χ1n) is 9.86. The van der Waals surface area contributed by atoms with E-state index in [2.05, 4.69) is 34.2 Å². The topological polar surface area (TPSA) is 46.1 Å².